The van der Waals surface area contributed by atoms with Crippen molar-refractivity contribution in [3.05, 3.63) is 0 Å². The Balaban J connectivity index is 2.18. The molecule has 1 rings (SSSR count). The fourth-order valence-corrected chi connectivity index (χ4v) is 1.53. The lowest BCUT2D eigenvalue weighted by atomic mass is 10.00. The average Bonchev–Trinajstić information content (AvgIpc) is 2.70. The smallest absolute Gasteiger partial charge is 0.0637 e. The molecule has 0 aliphatic heterocycles. The molecule has 0 saturated heterocycles. The van der Waals surface area contributed by atoms with Gasteiger partial charge in [0.2, 0.25) is 0 Å². The van der Waals surface area contributed by atoms with Crippen molar-refractivity contribution >= 4 is 0 Å². The minimum atomic E-state index is 0.0152. The molecule has 0 heterocycles. The van der Waals surface area contributed by atoms with Gasteiger partial charge in [-0.05, 0) is 40.0 Å². The molecule has 0 amide bonds. The van der Waals surface area contributed by atoms with Crippen LogP contribution in [0.15, 0.2) is 0 Å². The second-order valence-electron chi connectivity index (χ2n) is 4.51. The molecule has 2 heteroatoms. The Morgan fingerprint density at radius 2 is 2.08 bits per heavy atom. The fourth-order valence-electron chi connectivity index (χ4n) is 1.53. The van der Waals surface area contributed by atoms with E-state index in [1.54, 1.807) is 7.11 Å². The summed E-state index contributed by atoms with van der Waals surface area (Å²) >= 11 is 0. The predicted octanol–water partition coefficient (Wildman–Crippen LogP) is 1.94. The van der Waals surface area contributed by atoms with Crippen LogP contribution in [0.4, 0.5) is 0 Å². The molecule has 0 aromatic carbocycles. The Hall–Kier alpha value is -0.0800. The van der Waals surface area contributed by atoms with Gasteiger partial charge in [0.05, 0.1) is 5.60 Å². The molecule has 1 saturated carbocycles. The first-order valence-electron chi connectivity index (χ1n) is 4.85. The van der Waals surface area contributed by atoms with Crippen LogP contribution in [-0.2, 0) is 4.74 Å². The van der Waals surface area contributed by atoms with Crippen LogP contribution in [-0.4, -0.2) is 24.8 Å². The molecule has 1 aliphatic rings. The summed E-state index contributed by atoms with van der Waals surface area (Å²) in [6.07, 6.45) is 3.80. The first-order valence-corrected chi connectivity index (χ1v) is 4.85. The molecular weight excluding hydrogens is 150 g/mol. The molecule has 0 aromatic rings. The van der Waals surface area contributed by atoms with Crippen LogP contribution in [0.3, 0.4) is 0 Å². The van der Waals surface area contributed by atoms with Crippen molar-refractivity contribution in [3.8, 4) is 0 Å². The van der Waals surface area contributed by atoms with E-state index in [0.717, 1.165) is 12.5 Å². The Morgan fingerprint density at radius 3 is 2.50 bits per heavy atom. The Kier molecular flexibility index (Phi) is 3.13. The molecule has 1 aliphatic carbocycles. The summed E-state index contributed by atoms with van der Waals surface area (Å²) in [6.45, 7) is 6.51. The average molecular weight is 171 g/mol. The van der Waals surface area contributed by atoms with Gasteiger partial charge >= 0.3 is 0 Å². The third kappa shape index (κ3) is 3.55. The van der Waals surface area contributed by atoms with Crippen LogP contribution in [0, 0.1) is 0 Å². The number of rotatable bonds is 5. The van der Waals surface area contributed by atoms with Gasteiger partial charge in [-0.1, -0.05) is 0 Å². The van der Waals surface area contributed by atoms with E-state index in [-0.39, 0.29) is 5.60 Å². The lowest BCUT2D eigenvalue weighted by molar-refractivity contribution is 0.00846. The maximum atomic E-state index is 5.37. The predicted molar refractivity (Wildman–Crippen MR) is 51.3 cm³/mol. The zero-order valence-corrected chi connectivity index (χ0v) is 8.68. The van der Waals surface area contributed by atoms with E-state index in [9.17, 15) is 0 Å². The molecule has 0 spiro atoms. The molecule has 0 aromatic heterocycles. The second-order valence-corrected chi connectivity index (χ2v) is 4.51. The molecule has 12 heavy (non-hydrogen) atoms. The van der Waals surface area contributed by atoms with Crippen molar-refractivity contribution in [3.63, 3.8) is 0 Å². The van der Waals surface area contributed by atoms with E-state index in [1.165, 1.54) is 12.8 Å². The van der Waals surface area contributed by atoms with E-state index in [2.05, 4.69) is 26.1 Å². The highest BCUT2D eigenvalue weighted by Gasteiger charge is 2.26. The third-order valence-electron chi connectivity index (χ3n) is 2.45. The van der Waals surface area contributed by atoms with E-state index in [1.807, 2.05) is 0 Å². The SMILES string of the molecule is COC(C)(C)C[C@H](C)NC1CC1. The molecule has 72 valence electrons. The first kappa shape index (κ1) is 10.0. The number of nitrogens with one attached hydrogen (secondary N) is 1. The van der Waals surface area contributed by atoms with Gasteiger partial charge in [-0.3, -0.25) is 0 Å². The van der Waals surface area contributed by atoms with Crippen LogP contribution in [0.5, 0.6) is 0 Å². The van der Waals surface area contributed by atoms with Gasteiger partial charge in [0.1, 0.15) is 0 Å². The molecule has 0 bridgehead atoms. The number of hydrogen-bond donors (Lipinski definition) is 1. The summed E-state index contributed by atoms with van der Waals surface area (Å²) < 4.78 is 5.37. The molecule has 1 fully saturated rings. The van der Waals surface area contributed by atoms with E-state index < -0.39 is 0 Å². The zero-order valence-electron chi connectivity index (χ0n) is 8.68. The van der Waals surface area contributed by atoms with Crippen molar-refractivity contribution < 1.29 is 4.74 Å². The largest absolute Gasteiger partial charge is 0.379 e. The van der Waals surface area contributed by atoms with Crippen molar-refractivity contribution in [2.45, 2.75) is 57.7 Å². The highest BCUT2D eigenvalue weighted by atomic mass is 16.5. The first-order chi connectivity index (χ1) is 5.53. The minimum absolute atomic E-state index is 0.0152. The highest BCUT2D eigenvalue weighted by Crippen LogP contribution is 2.22. The van der Waals surface area contributed by atoms with E-state index in [4.69, 9.17) is 4.74 Å². The molecule has 1 N–H and O–H groups in total. The van der Waals surface area contributed by atoms with Crippen LogP contribution in [0.1, 0.15) is 40.0 Å². The van der Waals surface area contributed by atoms with Crippen molar-refractivity contribution in [1.29, 1.82) is 0 Å². The van der Waals surface area contributed by atoms with Gasteiger partial charge < -0.3 is 10.1 Å². The standard InChI is InChI=1S/C10H21NO/c1-8(11-9-5-6-9)7-10(2,3)12-4/h8-9,11H,5-7H2,1-4H3/t8-/m0/s1. The molecular formula is C10H21NO. The van der Waals surface area contributed by atoms with Crippen LogP contribution in [0.2, 0.25) is 0 Å². The van der Waals surface area contributed by atoms with E-state index in [0.29, 0.717) is 6.04 Å². The van der Waals surface area contributed by atoms with Crippen LogP contribution >= 0.6 is 0 Å². The van der Waals surface area contributed by atoms with Gasteiger partial charge in [0, 0.05) is 19.2 Å². The topological polar surface area (TPSA) is 21.3 Å². The lowest BCUT2D eigenvalue weighted by Crippen LogP contribution is -2.36. The zero-order chi connectivity index (χ0) is 9.19. The van der Waals surface area contributed by atoms with Crippen molar-refractivity contribution in [1.82, 2.24) is 5.32 Å². The number of methoxy groups -OCH3 is 1. The fraction of sp³-hybridized carbons (Fsp3) is 1.00. The second kappa shape index (κ2) is 3.75. The van der Waals surface area contributed by atoms with Crippen molar-refractivity contribution in [2.24, 2.45) is 0 Å². The summed E-state index contributed by atoms with van der Waals surface area (Å²) in [6, 6.07) is 1.38. The normalized spacial score (nSPS) is 21.0. The number of ether oxygens (including phenoxy) is 1. The molecule has 2 nitrogen and oxygen atoms in total. The Labute approximate surface area is 75.7 Å². The summed E-state index contributed by atoms with van der Waals surface area (Å²) in [5, 5.41) is 3.56. The van der Waals surface area contributed by atoms with Gasteiger partial charge in [0.25, 0.3) is 0 Å². The van der Waals surface area contributed by atoms with Gasteiger partial charge in [-0.25, -0.2) is 0 Å². The van der Waals surface area contributed by atoms with Crippen molar-refractivity contribution in [2.75, 3.05) is 7.11 Å². The quantitative estimate of drug-likeness (QED) is 0.682. The van der Waals surface area contributed by atoms with Gasteiger partial charge in [-0.2, -0.15) is 0 Å². The summed E-state index contributed by atoms with van der Waals surface area (Å²) in [5.41, 5.74) is 0.0152. The maximum Gasteiger partial charge on any atom is 0.0637 e. The highest BCUT2D eigenvalue weighted by molar-refractivity contribution is 4.85. The maximum absolute atomic E-state index is 5.37. The van der Waals surface area contributed by atoms with E-state index >= 15 is 0 Å². The van der Waals surface area contributed by atoms with Gasteiger partial charge in [-0.15, -0.1) is 0 Å². The monoisotopic (exact) mass is 171 g/mol. The number of hydrogen-bond acceptors (Lipinski definition) is 2. The molecule has 0 radical (unpaired) electrons. The van der Waals surface area contributed by atoms with Crippen LogP contribution < -0.4 is 5.32 Å². The molecule has 1 atom stereocenters. The van der Waals surface area contributed by atoms with Gasteiger partial charge in [0.15, 0.2) is 0 Å². The minimum Gasteiger partial charge on any atom is -0.379 e. The van der Waals surface area contributed by atoms with Crippen LogP contribution in [0.25, 0.3) is 0 Å². The molecule has 0 unspecified atom stereocenters. The third-order valence-corrected chi connectivity index (χ3v) is 2.45. The lowest BCUT2D eigenvalue weighted by Gasteiger charge is -2.27. The summed E-state index contributed by atoms with van der Waals surface area (Å²) in [5.74, 6) is 0. The summed E-state index contributed by atoms with van der Waals surface area (Å²) in [7, 11) is 1.78. The summed E-state index contributed by atoms with van der Waals surface area (Å²) in [4.78, 5) is 0. The Morgan fingerprint density at radius 1 is 1.50 bits per heavy atom. The Bertz CT molecular complexity index is 141.